The molecule has 0 rings (SSSR count). The van der Waals surface area contributed by atoms with Crippen LogP contribution in [0.1, 0.15) is 0 Å². The van der Waals surface area contributed by atoms with Gasteiger partial charge in [0.1, 0.15) is 6.61 Å². The lowest BCUT2D eigenvalue weighted by molar-refractivity contribution is 0.421. The number of hydrogen-bond acceptors (Lipinski definition) is 1. The summed E-state index contributed by atoms with van der Waals surface area (Å²) < 4.78 is 0. The van der Waals surface area contributed by atoms with Gasteiger partial charge in [-0.15, -0.1) is 6.58 Å². The zero-order valence-corrected chi connectivity index (χ0v) is 2.31. The molecule has 4 heavy (non-hydrogen) atoms. The number of aliphatic hydroxyl groups is 1. The molecule has 0 bridgehead atoms. The lowest BCUT2D eigenvalue weighted by Gasteiger charge is -1.58. The third-order valence-electron chi connectivity index (χ3n) is 0.105. The molecule has 0 atom stereocenters. The van der Waals surface area contributed by atoms with E-state index in [1.165, 1.54) is 6.08 Å². The van der Waals surface area contributed by atoms with Crippen LogP contribution in [-0.4, -0.2) is 5.11 Å². The summed E-state index contributed by atoms with van der Waals surface area (Å²) in [5.74, 6) is 0. The van der Waals surface area contributed by atoms with Crippen molar-refractivity contribution < 1.29 is 5.11 Å². The van der Waals surface area contributed by atoms with Crippen molar-refractivity contribution in [2.75, 3.05) is 0 Å². The Balaban J connectivity index is 2.30. The van der Waals surface area contributed by atoms with Gasteiger partial charge in [0.05, 0.1) is 0 Å². The summed E-state index contributed by atoms with van der Waals surface area (Å²) in [6.07, 6.45) is 1.31. The summed E-state index contributed by atoms with van der Waals surface area (Å²) in [7, 11) is 0. The molecule has 0 aromatic carbocycles. The molecule has 0 unspecified atom stereocenters. The molecule has 0 saturated heterocycles. The van der Waals surface area contributed by atoms with Crippen molar-refractivity contribution >= 4 is 0 Å². The molecule has 1 heteroatoms. The van der Waals surface area contributed by atoms with Gasteiger partial charge in [0, 0.05) is 0 Å². The molecule has 0 aliphatic heterocycles. The maximum absolute atomic E-state index is 7.63. The zero-order chi connectivity index (χ0) is 3.41. The van der Waals surface area contributed by atoms with Crippen molar-refractivity contribution in [3.05, 3.63) is 19.3 Å². The van der Waals surface area contributed by atoms with Crippen LogP contribution in [0.4, 0.5) is 0 Å². The first kappa shape index (κ1) is 3.70. The van der Waals surface area contributed by atoms with Gasteiger partial charge in [0.2, 0.25) is 0 Å². The van der Waals surface area contributed by atoms with Gasteiger partial charge in [-0.1, -0.05) is 6.08 Å². The molecule has 0 aromatic rings. The van der Waals surface area contributed by atoms with Gasteiger partial charge < -0.3 is 5.11 Å². The average molecular weight is 58.1 g/mol. The topological polar surface area (TPSA) is 20.2 Å². The summed E-state index contributed by atoms with van der Waals surface area (Å²) in [5.41, 5.74) is 0. The van der Waals surface area contributed by atoms with E-state index in [1.54, 1.807) is 0 Å². The number of rotatable bonds is 1. The maximum atomic E-state index is 7.63. The van der Waals surface area contributed by atoms with E-state index in [9.17, 15) is 0 Å². The van der Waals surface area contributed by atoms with Crippen LogP contribution in [0.2, 0.25) is 0 Å². The Kier molecular flexibility index (Phi) is 2.50. The highest BCUT2D eigenvalue weighted by atomic mass is 16.3. The summed E-state index contributed by atoms with van der Waals surface area (Å²) in [5, 5.41) is 7.63. The third kappa shape index (κ3) is 1.70. The first-order valence-electron chi connectivity index (χ1n) is 1.000. The second-order valence-electron chi connectivity index (χ2n) is 0.385. The number of aliphatic hydroxyl groups excluding tert-OH is 1. The average Bonchev–Trinajstić information content (AvgIpc) is 1.37. The first-order chi connectivity index (χ1) is 1.91. The Morgan fingerprint density at radius 2 is 2.00 bits per heavy atom. The summed E-state index contributed by atoms with van der Waals surface area (Å²) in [6.45, 7) is 4.06. The normalized spacial score (nSPS) is 6.25. The van der Waals surface area contributed by atoms with Crippen molar-refractivity contribution in [3.8, 4) is 0 Å². The van der Waals surface area contributed by atoms with Crippen LogP contribution >= 0.6 is 0 Å². The Labute approximate surface area is 25.6 Å². The summed E-state index contributed by atoms with van der Waals surface area (Å²) in [4.78, 5) is 0. The molecule has 0 aliphatic rings. The second kappa shape index (κ2) is 2.70. The fraction of sp³-hybridized carbons (Fsp3) is 0. The van der Waals surface area contributed by atoms with Crippen molar-refractivity contribution in [2.24, 2.45) is 0 Å². The molecule has 0 aromatic heterocycles. The van der Waals surface area contributed by atoms with E-state index in [2.05, 4.69) is 6.58 Å². The van der Waals surface area contributed by atoms with E-state index in [-0.39, 0.29) is 0 Å². The third-order valence-corrected chi connectivity index (χ3v) is 0.105. The molecule has 1 radical (unpaired) electrons. The summed E-state index contributed by atoms with van der Waals surface area (Å²) in [6, 6.07) is 0. The quantitative estimate of drug-likeness (QED) is 0.440. The largest absolute Gasteiger partial charge is 0.386 e. The van der Waals surface area contributed by atoms with Crippen LogP contribution in [0, 0.1) is 6.61 Å². The van der Waals surface area contributed by atoms with Gasteiger partial charge in [-0.25, -0.2) is 0 Å². The Bertz CT molecular complexity index is 17.2. The van der Waals surface area contributed by atoms with E-state index in [1.807, 2.05) is 0 Å². The molecule has 0 spiro atoms. The molecule has 0 heterocycles. The van der Waals surface area contributed by atoms with Gasteiger partial charge in [-0.05, 0) is 0 Å². The van der Waals surface area contributed by atoms with E-state index in [0.29, 0.717) is 0 Å². The smallest absolute Gasteiger partial charge is 0.101 e. The molecule has 0 saturated carbocycles. The van der Waals surface area contributed by atoms with Crippen molar-refractivity contribution in [1.29, 1.82) is 0 Å². The van der Waals surface area contributed by atoms with Crippen LogP contribution in [-0.2, 0) is 0 Å². The minimum Gasteiger partial charge on any atom is -0.386 e. The van der Waals surface area contributed by atoms with Crippen LogP contribution < -0.4 is 0 Å². The maximum Gasteiger partial charge on any atom is 0.101 e. The molecule has 1 nitrogen and oxygen atoms in total. The highest BCUT2D eigenvalue weighted by Gasteiger charge is 1.47. The molecule has 23 valence electrons. The fourth-order valence-electron chi connectivity index (χ4n) is 0. The highest BCUT2D eigenvalue weighted by molar-refractivity contribution is 4.73. The predicted octanol–water partition coefficient (Wildman–Crippen LogP) is 0.707. The Morgan fingerprint density at radius 1 is 1.75 bits per heavy atom. The van der Waals surface area contributed by atoms with Gasteiger partial charge in [-0.2, -0.15) is 0 Å². The minimum absolute atomic E-state index is 0.889. The monoisotopic (exact) mass is 58.0 g/mol. The lowest BCUT2D eigenvalue weighted by atomic mass is 11.0. The van der Waals surface area contributed by atoms with Crippen molar-refractivity contribution in [1.82, 2.24) is 0 Å². The second-order valence-corrected chi connectivity index (χ2v) is 0.385. The number of hydrogen-bond donors (Lipinski definition) is 1. The van der Waals surface area contributed by atoms with E-state index in [0.717, 1.165) is 6.61 Å². The molecule has 0 amide bonds. The standard InChI is InChI=1S/C3H5O/c1-2-3-4/h2-4H,1H2/i3+1. The van der Waals surface area contributed by atoms with E-state index < -0.39 is 0 Å². The zero-order valence-electron chi connectivity index (χ0n) is 2.31. The van der Waals surface area contributed by atoms with Gasteiger partial charge in [-0.3, -0.25) is 0 Å². The molecule has 1 N–H and O–H groups in total. The highest BCUT2D eigenvalue weighted by Crippen LogP contribution is 1.57. The van der Waals surface area contributed by atoms with Crippen LogP contribution in [0.15, 0.2) is 12.7 Å². The molecular weight excluding hydrogens is 53.0 g/mol. The van der Waals surface area contributed by atoms with Gasteiger partial charge >= 0.3 is 0 Å². The predicted molar refractivity (Wildman–Crippen MR) is 16.4 cm³/mol. The van der Waals surface area contributed by atoms with Gasteiger partial charge in [0.25, 0.3) is 0 Å². The van der Waals surface area contributed by atoms with Crippen LogP contribution in [0.5, 0.6) is 0 Å². The molecule has 0 fully saturated rings. The lowest BCUT2D eigenvalue weighted by Crippen LogP contribution is -1.49. The van der Waals surface area contributed by atoms with Crippen LogP contribution in [0.25, 0.3) is 0 Å². The van der Waals surface area contributed by atoms with E-state index in [4.69, 9.17) is 5.11 Å². The Morgan fingerprint density at radius 3 is 2.00 bits per heavy atom. The van der Waals surface area contributed by atoms with Crippen LogP contribution in [0.3, 0.4) is 0 Å². The van der Waals surface area contributed by atoms with Crippen molar-refractivity contribution in [3.63, 3.8) is 0 Å². The van der Waals surface area contributed by atoms with Gasteiger partial charge in [0.15, 0.2) is 0 Å². The first-order valence-corrected chi connectivity index (χ1v) is 1.000. The Hall–Kier alpha value is -0.300. The van der Waals surface area contributed by atoms with Crippen molar-refractivity contribution in [2.45, 2.75) is 0 Å². The molecule has 0 aliphatic carbocycles. The summed E-state index contributed by atoms with van der Waals surface area (Å²) >= 11 is 0. The van der Waals surface area contributed by atoms with E-state index >= 15 is 0 Å². The minimum atomic E-state index is 0.889. The fourth-order valence-corrected chi connectivity index (χ4v) is 0. The molecular formula is C3H5O. The SMILES string of the molecule is C=C[13CH]O.